The summed E-state index contributed by atoms with van der Waals surface area (Å²) < 4.78 is 11.0. The van der Waals surface area contributed by atoms with E-state index in [0.29, 0.717) is 41.2 Å². The summed E-state index contributed by atoms with van der Waals surface area (Å²) in [6, 6.07) is 3.19. The predicted molar refractivity (Wildman–Crippen MR) is 88.9 cm³/mol. The van der Waals surface area contributed by atoms with Crippen LogP contribution < -0.4 is 20.5 Å². The van der Waals surface area contributed by atoms with Gasteiger partial charge in [0, 0.05) is 17.6 Å². The smallest absolute Gasteiger partial charge is 0.251 e. The van der Waals surface area contributed by atoms with Crippen molar-refractivity contribution in [3.63, 3.8) is 0 Å². The van der Waals surface area contributed by atoms with Crippen molar-refractivity contribution in [2.24, 2.45) is 11.7 Å². The maximum atomic E-state index is 12.3. The summed E-state index contributed by atoms with van der Waals surface area (Å²) in [6.45, 7) is 8.63. The van der Waals surface area contributed by atoms with Gasteiger partial charge in [-0.15, -0.1) is 0 Å². The second kappa shape index (κ2) is 7.70. The lowest BCUT2D eigenvalue weighted by Gasteiger charge is -2.24. The number of halogens is 1. The minimum Gasteiger partial charge on any atom is -0.493 e. The largest absolute Gasteiger partial charge is 0.493 e. The SMILES string of the molecule is COc1cc(C(=O)NC(C)(C)CN)cc(Cl)c1OCC(C)C. The fraction of sp³-hybridized carbons (Fsp3) is 0.562. The lowest BCUT2D eigenvalue weighted by atomic mass is 10.0. The number of carbonyl (C=O) groups is 1. The first-order valence-corrected chi connectivity index (χ1v) is 7.61. The van der Waals surface area contributed by atoms with Gasteiger partial charge in [-0.2, -0.15) is 0 Å². The molecule has 0 fully saturated rings. The molecule has 1 aromatic rings. The van der Waals surface area contributed by atoms with Crippen LogP contribution in [0.4, 0.5) is 0 Å². The maximum absolute atomic E-state index is 12.3. The van der Waals surface area contributed by atoms with Crippen molar-refractivity contribution >= 4 is 17.5 Å². The Bertz CT molecular complexity index is 530. The first-order valence-electron chi connectivity index (χ1n) is 7.23. The first kappa shape index (κ1) is 18.6. The van der Waals surface area contributed by atoms with Crippen molar-refractivity contribution in [2.75, 3.05) is 20.3 Å². The highest BCUT2D eigenvalue weighted by molar-refractivity contribution is 6.32. The average molecular weight is 329 g/mol. The molecule has 1 amide bonds. The maximum Gasteiger partial charge on any atom is 0.251 e. The Morgan fingerprint density at radius 3 is 2.55 bits per heavy atom. The van der Waals surface area contributed by atoms with Crippen molar-refractivity contribution in [1.82, 2.24) is 5.32 Å². The van der Waals surface area contributed by atoms with Crippen molar-refractivity contribution < 1.29 is 14.3 Å². The Labute approximate surface area is 137 Å². The van der Waals surface area contributed by atoms with Crippen LogP contribution in [0, 0.1) is 5.92 Å². The number of hydrogen-bond donors (Lipinski definition) is 2. The number of carbonyl (C=O) groups excluding carboxylic acids is 1. The highest BCUT2D eigenvalue weighted by Gasteiger charge is 2.22. The molecule has 22 heavy (non-hydrogen) atoms. The average Bonchev–Trinajstić information content (AvgIpc) is 2.44. The summed E-state index contributed by atoms with van der Waals surface area (Å²) in [6.07, 6.45) is 0. The molecule has 0 unspecified atom stereocenters. The van der Waals surface area contributed by atoms with E-state index >= 15 is 0 Å². The predicted octanol–water partition coefficient (Wildman–Crippen LogP) is 2.85. The number of benzene rings is 1. The monoisotopic (exact) mass is 328 g/mol. The number of rotatable bonds is 7. The third-order valence-electron chi connectivity index (χ3n) is 3.01. The Hall–Kier alpha value is -1.46. The molecule has 0 aliphatic carbocycles. The van der Waals surface area contributed by atoms with Crippen LogP contribution in [0.2, 0.25) is 5.02 Å². The summed E-state index contributed by atoms with van der Waals surface area (Å²) >= 11 is 6.24. The Morgan fingerprint density at radius 2 is 2.05 bits per heavy atom. The van der Waals surface area contributed by atoms with Gasteiger partial charge >= 0.3 is 0 Å². The zero-order valence-corrected chi connectivity index (χ0v) is 14.6. The van der Waals surface area contributed by atoms with Gasteiger partial charge in [-0.25, -0.2) is 0 Å². The third-order valence-corrected chi connectivity index (χ3v) is 3.30. The molecule has 0 atom stereocenters. The minimum absolute atomic E-state index is 0.258. The number of nitrogens with one attached hydrogen (secondary N) is 1. The Morgan fingerprint density at radius 1 is 1.41 bits per heavy atom. The fourth-order valence-corrected chi connectivity index (χ4v) is 1.94. The second-order valence-electron chi connectivity index (χ2n) is 6.24. The zero-order valence-electron chi connectivity index (χ0n) is 13.8. The van der Waals surface area contributed by atoms with Crippen LogP contribution in [0.3, 0.4) is 0 Å². The van der Waals surface area contributed by atoms with E-state index in [0.717, 1.165) is 0 Å². The topological polar surface area (TPSA) is 73.6 Å². The van der Waals surface area contributed by atoms with E-state index in [1.54, 1.807) is 12.1 Å². The molecule has 1 aromatic carbocycles. The highest BCUT2D eigenvalue weighted by Crippen LogP contribution is 2.36. The van der Waals surface area contributed by atoms with Crippen LogP contribution >= 0.6 is 11.6 Å². The van der Waals surface area contributed by atoms with E-state index < -0.39 is 5.54 Å². The van der Waals surface area contributed by atoms with Gasteiger partial charge in [0.2, 0.25) is 0 Å². The van der Waals surface area contributed by atoms with Gasteiger partial charge in [-0.3, -0.25) is 4.79 Å². The summed E-state index contributed by atoms with van der Waals surface area (Å²) in [5.41, 5.74) is 5.53. The van der Waals surface area contributed by atoms with E-state index in [-0.39, 0.29) is 5.91 Å². The molecule has 3 N–H and O–H groups in total. The third kappa shape index (κ3) is 5.07. The van der Waals surface area contributed by atoms with Crippen molar-refractivity contribution in [1.29, 1.82) is 0 Å². The quantitative estimate of drug-likeness (QED) is 0.807. The zero-order chi connectivity index (χ0) is 16.9. The van der Waals surface area contributed by atoms with Gasteiger partial charge in [0.05, 0.1) is 18.7 Å². The molecule has 5 nitrogen and oxygen atoms in total. The molecule has 0 aliphatic rings. The number of methoxy groups -OCH3 is 1. The minimum atomic E-state index is -0.496. The first-order chi connectivity index (χ1) is 10.2. The molecule has 0 aromatic heterocycles. The molecule has 0 bridgehead atoms. The van der Waals surface area contributed by atoms with Gasteiger partial charge in [0.25, 0.3) is 5.91 Å². The van der Waals surface area contributed by atoms with Crippen LogP contribution in [0.15, 0.2) is 12.1 Å². The van der Waals surface area contributed by atoms with Crippen LogP contribution in [-0.2, 0) is 0 Å². The van der Waals surface area contributed by atoms with Crippen molar-refractivity contribution in [3.05, 3.63) is 22.7 Å². The van der Waals surface area contributed by atoms with Crippen LogP contribution in [-0.4, -0.2) is 31.7 Å². The molecule has 0 aliphatic heterocycles. The van der Waals surface area contributed by atoms with Gasteiger partial charge in [0.1, 0.15) is 0 Å². The van der Waals surface area contributed by atoms with Gasteiger partial charge in [-0.05, 0) is 31.9 Å². The normalized spacial score (nSPS) is 11.5. The van der Waals surface area contributed by atoms with Crippen LogP contribution in [0.25, 0.3) is 0 Å². The number of hydrogen-bond acceptors (Lipinski definition) is 4. The molecular weight excluding hydrogens is 304 g/mol. The van der Waals surface area contributed by atoms with Crippen LogP contribution in [0.5, 0.6) is 11.5 Å². The lowest BCUT2D eigenvalue weighted by Crippen LogP contribution is -2.48. The van der Waals surface area contributed by atoms with E-state index in [4.69, 9.17) is 26.8 Å². The number of nitrogens with two attached hydrogens (primary N) is 1. The van der Waals surface area contributed by atoms with Crippen LogP contribution in [0.1, 0.15) is 38.1 Å². The summed E-state index contributed by atoms with van der Waals surface area (Å²) in [5.74, 6) is 0.983. The van der Waals surface area contributed by atoms with E-state index in [1.807, 2.05) is 27.7 Å². The van der Waals surface area contributed by atoms with Gasteiger partial charge in [0.15, 0.2) is 11.5 Å². The second-order valence-corrected chi connectivity index (χ2v) is 6.64. The van der Waals surface area contributed by atoms with Gasteiger partial charge < -0.3 is 20.5 Å². The Kier molecular flexibility index (Phi) is 6.50. The number of amides is 1. The van der Waals surface area contributed by atoms with Crippen molar-refractivity contribution in [3.8, 4) is 11.5 Å². The van der Waals surface area contributed by atoms with E-state index in [2.05, 4.69) is 5.32 Å². The molecule has 0 saturated carbocycles. The molecule has 1 rings (SSSR count). The molecular formula is C16H25ClN2O3. The molecule has 0 spiro atoms. The summed E-state index contributed by atoms with van der Waals surface area (Å²) in [4.78, 5) is 12.3. The molecule has 0 radical (unpaired) electrons. The molecule has 0 heterocycles. The molecule has 6 heteroatoms. The highest BCUT2D eigenvalue weighted by atomic mass is 35.5. The number of ether oxygens (including phenoxy) is 2. The molecule has 0 saturated heterocycles. The van der Waals surface area contributed by atoms with E-state index in [1.165, 1.54) is 7.11 Å². The molecule has 124 valence electrons. The van der Waals surface area contributed by atoms with E-state index in [9.17, 15) is 4.79 Å². The van der Waals surface area contributed by atoms with Crippen molar-refractivity contribution in [2.45, 2.75) is 33.2 Å². The lowest BCUT2D eigenvalue weighted by molar-refractivity contribution is 0.0915. The Balaban J connectivity index is 3.04. The fourth-order valence-electron chi connectivity index (χ4n) is 1.67. The standard InChI is InChI=1S/C16H25ClN2O3/c1-10(2)8-22-14-12(17)6-11(7-13(14)21-5)15(20)19-16(3,4)9-18/h6-7,10H,8-9,18H2,1-5H3,(H,19,20). The summed E-state index contributed by atoms with van der Waals surface area (Å²) in [5, 5.41) is 3.19. The summed E-state index contributed by atoms with van der Waals surface area (Å²) in [7, 11) is 1.51. The van der Waals surface area contributed by atoms with Gasteiger partial charge in [-0.1, -0.05) is 25.4 Å².